The van der Waals surface area contributed by atoms with Crippen LogP contribution in [0, 0.1) is 11.2 Å². The van der Waals surface area contributed by atoms with Gasteiger partial charge in [0.15, 0.2) is 6.10 Å². The molecule has 238 valence electrons. The minimum atomic E-state index is -1.00. The molecule has 1 N–H and O–H groups in total. The fourth-order valence-corrected chi connectivity index (χ4v) is 5.39. The summed E-state index contributed by atoms with van der Waals surface area (Å²) >= 11 is 0. The molecule has 0 aliphatic carbocycles. The molecule has 3 aromatic rings. The van der Waals surface area contributed by atoms with E-state index in [0.717, 1.165) is 48.3 Å². The maximum atomic E-state index is 13.6. The van der Waals surface area contributed by atoms with Crippen molar-refractivity contribution >= 4 is 11.7 Å². The van der Waals surface area contributed by atoms with Gasteiger partial charge < -0.3 is 24.2 Å². The molecule has 1 aromatic heterocycles. The number of hydrogen-bond acceptors (Lipinski definition) is 7. The van der Waals surface area contributed by atoms with Crippen LogP contribution in [0.2, 0.25) is 0 Å². The van der Waals surface area contributed by atoms with E-state index in [4.69, 9.17) is 14.2 Å². The molecule has 2 aromatic carbocycles. The number of benzene rings is 2. The molecule has 44 heavy (non-hydrogen) atoms. The molecular formula is C36H47FN2O5. The number of carbonyl (C=O) groups excluding carboxylic acids is 1. The van der Waals surface area contributed by atoms with Crippen LogP contribution in [0.3, 0.4) is 0 Å². The van der Waals surface area contributed by atoms with Gasteiger partial charge in [0, 0.05) is 36.8 Å². The maximum Gasteiger partial charge on any atom is 0.340 e. The molecule has 0 amide bonds. The van der Waals surface area contributed by atoms with E-state index in [9.17, 15) is 14.3 Å². The van der Waals surface area contributed by atoms with Gasteiger partial charge in [-0.15, -0.1) is 0 Å². The van der Waals surface area contributed by atoms with E-state index in [2.05, 4.69) is 23.7 Å². The second kappa shape index (κ2) is 14.1. The molecule has 0 saturated carbocycles. The Morgan fingerprint density at radius 2 is 1.68 bits per heavy atom. The zero-order valence-corrected chi connectivity index (χ0v) is 27.2. The molecule has 4 rings (SSSR count). The monoisotopic (exact) mass is 606 g/mol. The van der Waals surface area contributed by atoms with E-state index in [1.165, 1.54) is 12.1 Å². The lowest BCUT2D eigenvalue weighted by molar-refractivity contribution is -0.171. The highest BCUT2D eigenvalue weighted by Crippen LogP contribution is 2.44. The number of hydrogen-bond donors (Lipinski definition) is 1. The molecule has 1 aliphatic heterocycles. The number of anilines is 1. The molecule has 0 unspecified atom stereocenters. The zero-order chi connectivity index (χ0) is 32.1. The van der Waals surface area contributed by atoms with Gasteiger partial charge in [0.1, 0.15) is 11.6 Å². The lowest BCUT2D eigenvalue weighted by Gasteiger charge is -2.41. The first kappa shape index (κ1) is 33.4. The molecule has 2 heterocycles. The number of rotatable bonds is 11. The largest absolute Gasteiger partial charge is 0.493 e. The summed E-state index contributed by atoms with van der Waals surface area (Å²) in [5, 5.41) is 10.5. The van der Waals surface area contributed by atoms with Crippen molar-refractivity contribution in [3.8, 4) is 16.9 Å². The average molecular weight is 607 g/mol. The van der Waals surface area contributed by atoms with Crippen LogP contribution in [0.1, 0.15) is 84.2 Å². The van der Waals surface area contributed by atoms with E-state index in [-0.39, 0.29) is 23.9 Å². The van der Waals surface area contributed by atoms with Crippen LogP contribution in [0.25, 0.3) is 11.1 Å². The Labute approximate surface area is 261 Å². The van der Waals surface area contributed by atoms with E-state index in [1.54, 1.807) is 18.3 Å². The van der Waals surface area contributed by atoms with Crippen molar-refractivity contribution in [2.45, 2.75) is 92.1 Å². The molecule has 0 bridgehead atoms. The predicted octanol–water partition coefficient (Wildman–Crippen LogP) is 7.44. The third-order valence-electron chi connectivity index (χ3n) is 7.78. The Hall–Kier alpha value is -3.49. The number of aromatic nitrogens is 1. The van der Waals surface area contributed by atoms with Crippen molar-refractivity contribution < 1.29 is 28.5 Å². The summed E-state index contributed by atoms with van der Waals surface area (Å²) in [4.78, 5) is 20.5. The van der Waals surface area contributed by atoms with Gasteiger partial charge in [-0.25, -0.2) is 9.18 Å². The summed E-state index contributed by atoms with van der Waals surface area (Å²) in [5.74, 6) is -0.0315. The highest BCUT2D eigenvalue weighted by atomic mass is 19.1. The number of halogens is 1. The van der Waals surface area contributed by atoms with Crippen LogP contribution < -0.4 is 9.64 Å². The molecule has 7 nitrogen and oxygen atoms in total. The van der Waals surface area contributed by atoms with Crippen molar-refractivity contribution in [1.82, 2.24) is 4.98 Å². The van der Waals surface area contributed by atoms with Crippen LogP contribution in [0.5, 0.6) is 5.75 Å². The summed E-state index contributed by atoms with van der Waals surface area (Å²) < 4.78 is 31.3. The first-order valence-electron chi connectivity index (χ1n) is 15.5. The Bertz CT molecular complexity index is 1390. The first-order chi connectivity index (χ1) is 20.8. The van der Waals surface area contributed by atoms with Crippen molar-refractivity contribution in [2.75, 3.05) is 24.6 Å². The highest BCUT2D eigenvalue weighted by Gasteiger charge is 2.36. The number of piperidine rings is 1. The number of aliphatic hydroxyl groups excluding tert-OH is 1. The molecule has 0 radical (unpaired) electrons. The Kier molecular flexibility index (Phi) is 10.7. The maximum absolute atomic E-state index is 13.6. The van der Waals surface area contributed by atoms with Crippen LogP contribution in [-0.4, -0.2) is 47.5 Å². The van der Waals surface area contributed by atoms with Gasteiger partial charge in [0.25, 0.3) is 0 Å². The number of ether oxygens (including phenoxy) is 3. The smallest absolute Gasteiger partial charge is 0.340 e. The lowest BCUT2D eigenvalue weighted by Crippen LogP contribution is -2.39. The highest BCUT2D eigenvalue weighted by molar-refractivity contribution is 5.87. The van der Waals surface area contributed by atoms with Crippen LogP contribution in [-0.2, 0) is 27.3 Å². The molecular weight excluding hydrogens is 559 g/mol. The van der Waals surface area contributed by atoms with Gasteiger partial charge in [-0.3, -0.25) is 4.98 Å². The standard InChI is InChI=1S/C36H47FN2O5/c1-24(2)43-34(41)33(44-35(3,4)5)29-22-38-30(23-40)31(32(29)39-19-17-36(6,7)18-20-39)26-10-14-28(15-11-26)42-21-16-25-8-12-27(37)13-9-25/h8-15,22,24,33,40H,16-21,23H2,1-7H3/t33-/m0/s1. The van der Waals surface area contributed by atoms with Gasteiger partial charge in [-0.2, -0.15) is 0 Å². The van der Waals surface area contributed by atoms with Gasteiger partial charge in [0.05, 0.1) is 36.3 Å². The van der Waals surface area contributed by atoms with E-state index < -0.39 is 17.7 Å². The number of aliphatic hydroxyl groups is 1. The Morgan fingerprint density at radius 1 is 1.05 bits per heavy atom. The topological polar surface area (TPSA) is 81.1 Å². The quantitative estimate of drug-likeness (QED) is 0.227. The lowest BCUT2D eigenvalue weighted by atomic mass is 9.82. The molecule has 8 heteroatoms. The van der Waals surface area contributed by atoms with Gasteiger partial charge in [-0.05, 0) is 88.3 Å². The van der Waals surface area contributed by atoms with Crippen LogP contribution in [0.15, 0.2) is 54.7 Å². The number of esters is 1. The van der Waals surface area contributed by atoms with Crippen molar-refractivity contribution in [3.63, 3.8) is 0 Å². The van der Waals surface area contributed by atoms with Crippen LogP contribution in [0.4, 0.5) is 10.1 Å². The number of nitrogens with zero attached hydrogens (tertiary/aromatic N) is 2. The predicted molar refractivity (Wildman–Crippen MR) is 171 cm³/mol. The summed E-state index contributed by atoms with van der Waals surface area (Å²) in [7, 11) is 0. The molecule has 1 saturated heterocycles. The summed E-state index contributed by atoms with van der Waals surface area (Å²) in [6.07, 6.45) is 2.95. The molecule has 1 aliphatic rings. The van der Waals surface area contributed by atoms with Gasteiger partial charge in [-0.1, -0.05) is 38.1 Å². The molecule has 0 spiro atoms. The zero-order valence-electron chi connectivity index (χ0n) is 27.2. The van der Waals surface area contributed by atoms with E-state index in [0.29, 0.717) is 30.0 Å². The number of carbonyl (C=O) groups is 1. The third kappa shape index (κ3) is 8.79. The second-order valence-electron chi connectivity index (χ2n) is 13.5. The minimum Gasteiger partial charge on any atom is -0.493 e. The fourth-order valence-electron chi connectivity index (χ4n) is 5.39. The molecule has 1 atom stereocenters. The van der Waals surface area contributed by atoms with Crippen molar-refractivity contribution in [2.24, 2.45) is 5.41 Å². The Balaban J connectivity index is 1.74. The summed E-state index contributed by atoms with van der Waals surface area (Å²) in [6, 6.07) is 14.1. The van der Waals surface area contributed by atoms with Crippen molar-refractivity contribution in [1.29, 1.82) is 0 Å². The Morgan fingerprint density at radius 3 is 2.25 bits per heavy atom. The second-order valence-corrected chi connectivity index (χ2v) is 13.5. The van der Waals surface area contributed by atoms with Gasteiger partial charge >= 0.3 is 5.97 Å². The normalized spacial score (nSPS) is 15.7. The van der Waals surface area contributed by atoms with Crippen LogP contribution >= 0.6 is 0 Å². The minimum absolute atomic E-state index is 0.203. The van der Waals surface area contributed by atoms with Crippen molar-refractivity contribution in [3.05, 3.63) is 77.4 Å². The molecule has 1 fully saturated rings. The third-order valence-corrected chi connectivity index (χ3v) is 7.78. The first-order valence-corrected chi connectivity index (χ1v) is 15.5. The van der Waals surface area contributed by atoms with E-state index >= 15 is 0 Å². The summed E-state index contributed by atoms with van der Waals surface area (Å²) in [6.45, 7) is 15.7. The van der Waals surface area contributed by atoms with Gasteiger partial charge in [0.2, 0.25) is 0 Å². The fraction of sp³-hybridized carbons (Fsp3) is 0.500. The number of pyridine rings is 1. The average Bonchev–Trinajstić information content (AvgIpc) is 2.96. The summed E-state index contributed by atoms with van der Waals surface area (Å²) in [5.41, 5.74) is 4.15. The van der Waals surface area contributed by atoms with E-state index in [1.807, 2.05) is 58.9 Å². The SMILES string of the molecule is CC(C)OC(=O)[C@@H](OC(C)(C)C)c1cnc(CO)c(-c2ccc(OCCc3ccc(F)cc3)cc2)c1N1CCC(C)(C)CC1.